The monoisotopic (exact) mass is 752 g/mol. The highest BCUT2D eigenvalue weighted by Gasteiger charge is 2.95. The van der Waals surface area contributed by atoms with Gasteiger partial charge in [0.15, 0.2) is 0 Å². The van der Waals surface area contributed by atoms with E-state index in [9.17, 15) is 52.7 Å². The fourth-order valence-corrected chi connectivity index (χ4v) is 5.20. The minimum Gasteiger partial charge on any atom is -0.398 e. The molecule has 0 amide bonds. The van der Waals surface area contributed by atoms with Gasteiger partial charge in [0.25, 0.3) is 0 Å². The van der Waals surface area contributed by atoms with Gasteiger partial charge in [0.1, 0.15) is 0 Å². The number of unbranched alkanes of at least 4 members (excludes halogenated alkanes) is 2. The summed E-state index contributed by atoms with van der Waals surface area (Å²) in [6.07, 6.45) is -0.104. The highest BCUT2D eigenvalue weighted by atomic mass is 19.4. The predicted molar refractivity (Wildman–Crippen MR) is 155 cm³/mol. The molecule has 2 aromatic rings. The zero-order chi connectivity index (χ0) is 39.1. The Hall–Kier alpha value is -3.08. The van der Waals surface area contributed by atoms with Crippen LogP contribution < -0.4 is 11.5 Å². The van der Waals surface area contributed by atoms with E-state index >= 15 is 17.6 Å². The number of aryl methyl sites for hydroxylation is 4. The SMILES string of the molecule is CCCCc1cc(C(F)(F)C(F)(F)C(F)(F)C(F)(F)C(F)(F)C(F)(F)C(F)(F)C(F)(F)c2cc(CC)c(N)c(CCCC)c2)cc(CC)c1N. The van der Waals surface area contributed by atoms with E-state index in [1.54, 1.807) is 13.8 Å². The number of nitrogen functional groups attached to an aromatic ring is 2. The lowest BCUT2D eigenvalue weighted by Crippen LogP contribution is -2.74. The Balaban J connectivity index is 2.76. The molecular weight excluding hydrogens is 716 g/mol. The maximum absolute atomic E-state index is 15.2. The van der Waals surface area contributed by atoms with Crippen LogP contribution in [0, 0.1) is 0 Å². The van der Waals surface area contributed by atoms with Crippen LogP contribution in [0.3, 0.4) is 0 Å². The van der Waals surface area contributed by atoms with Gasteiger partial charge in [-0.15, -0.1) is 0 Å². The quantitative estimate of drug-likeness (QED) is 0.125. The first-order chi connectivity index (χ1) is 22.5. The zero-order valence-electron chi connectivity index (χ0n) is 27.2. The highest BCUT2D eigenvalue weighted by Crippen LogP contribution is 2.66. The van der Waals surface area contributed by atoms with Crippen molar-refractivity contribution in [3.8, 4) is 0 Å². The lowest BCUT2D eigenvalue weighted by Gasteiger charge is -2.44. The summed E-state index contributed by atoms with van der Waals surface area (Å²) in [5.41, 5.74) is 5.11. The molecule has 0 heterocycles. The largest absolute Gasteiger partial charge is 0.398 e. The second-order valence-corrected chi connectivity index (χ2v) is 11.9. The van der Waals surface area contributed by atoms with Crippen molar-refractivity contribution in [1.29, 1.82) is 0 Å². The lowest BCUT2D eigenvalue weighted by molar-refractivity contribution is -0.456. The van der Waals surface area contributed by atoms with E-state index < -0.39 is 69.6 Å². The number of hydrogen-bond donors (Lipinski definition) is 2. The summed E-state index contributed by atoms with van der Waals surface area (Å²) in [7, 11) is 0. The third-order valence-electron chi connectivity index (χ3n) is 8.55. The van der Waals surface area contributed by atoms with Crippen molar-refractivity contribution >= 4 is 11.4 Å². The average molecular weight is 753 g/mol. The Morgan fingerprint density at radius 2 is 0.640 bits per heavy atom. The van der Waals surface area contributed by atoms with Crippen LogP contribution in [-0.2, 0) is 37.5 Å². The van der Waals surface area contributed by atoms with Crippen molar-refractivity contribution in [2.45, 2.75) is 126 Å². The average Bonchev–Trinajstić information content (AvgIpc) is 3.02. The lowest BCUT2D eigenvalue weighted by atomic mass is 9.83. The van der Waals surface area contributed by atoms with Gasteiger partial charge < -0.3 is 11.5 Å². The van der Waals surface area contributed by atoms with Crippen molar-refractivity contribution in [1.82, 2.24) is 0 Å². The molecule has 2 nitrogen and oxygen atoms in total. The normalized spacial score (nSPS) is 14.4. The summed E-state index contributed by atoms with van der Waals surface area (Å²) in [4.78, 5) is 0. The molecule has 0 saturated carbocycles. The number of rotatable bonds is 17. The number of anilines is 2. The Labute approximate surface area is 277 Å². The van der Waals surface area contributed by atoms with Crippen molar-refractivity contribution < 1.29 is 70.2 Å². The van der Waals surface area contributed by atoms with Crippen molar-refractivity contribution in [2.75, 3.05) is 11.5 Å². The Morgan fingerprint density at radius 1 is 0.400 bits per heavy atom. The second-order valence-electron chi connectivity index (χ2n) is 11.9. The second kappa shape index (κ2) is 14.2. The predicted octanol–water partition coefficient (Wildman–Crippen LogP) is 11.4. The molecular formula is C32H36F16N2. The van der Waals surface area contributed by atoms with Crippen LogP contribution in [0.1, 0.15) is 86.8 Å². The van der Waals surface area contributed by atoms with E-state index in [0.29, 0.717) is 12.8 Å². The first kappa shape index (κ1) is 43.1. The topological polar surface area (TPSA) is 52.0 Å². The van der Waals surface area contributed by atoms with Crippen LogP contribution in [-0.4, -0.2) is 35.5 Å². The summed E-state index contributed by atoms with van der Waals surface area (Å²) in [6.45, 7) is 5.64. The van der Waals surface area contributed by atoms with Gasteiger partial charge in [0.2, 0.25) is 0 Å². The van der Waals surface area contributed by atoms with Crippen LogP contribution in [0.2, 0.25) is 0 Å². The van der Waals surface area contributed by atoms with Gasteiger partial charge in [-0.2, -0.15) is 70.2 Å². The smallest absolute Gasteiger partial charge is 0.385 e. The van der Waals surface area contributed by atoms with Gasteiger partial charge in [-0.1, -0.05) is 40.5 Å². The van der Waals surface area contributed by atoms with Crippen LogP contribution >= 0.6 is 0 Å². The first-order valence-corrected chi connectivity index (χ1v) is 15.4. The first-order valence-electron chi connectivity index (χ1n) is 15.4. The van der Waals surface area contributed by atoms with Gasteiger partial charge in [0.05, 0.1) is 0 Å². The van der Waals surface area contributed by atoms with Crippen LogP contribution in [0.5, 0.6) is 0 Å². The maximum Gasteiger partial charge on any atom is 0.385 e. The van der Waals surface area contributed by atoms with Gasteiger partial charge in [-0.3, -0.25) is 0 Å². The summed E-state index contributed by atoms with van der Waals surface area (Å²) >= 11 is 0. The molecule has 18 heteroatoms. The highest BCUT2D eigenvalue weighted by molar-refractivity contribution is 5.58. The molecule has 0 radical (unpaired) electrons. The Morgan fingerprint density at radius 3 is 0.880 bits per heavy atom. The van der Waals surface area contributed by atoms with E-state index in [-0.39, 0.29) is 85.3 Å². The van der Waals surface area contributed by atoms with Gasteiger partial charge in [0, 0.05) is 22.5 Å². The standard InChI is InChI=1S/C32H36F16N2/c1-5-9-11-19-15-21(13-17(7-3)23(19)49)25(33,34)27(37,38)29(41,42)31(45,46)32(47,48)30(43,44)28(39,40)26(35,36)22-14-18(8-4)24(50)20(16-22)12-10-6-2/h13-16H,5-12,49-50H2,1-4H3. The molecule has 50 heavy (non-hydrogen) atoms. The minimum absolute atomic E-state index is 0.0697. The van der Waals surface area contributed by atoms with Gasteiger partial charge in [-0.05, 0) is 85.0 Å². The molecule has 0 atom stereocenters. The summed E-state index contributed by atoms with van der Waals surface area (Å²) in [5, 5.41) is 0. The van der Waals surface area contributed by atoms with Crippen LogP contribution in [0.4, 0.5) is 81.6 Å². The van der Waals surface area contributed by atoms with E-state index in [0.717, 1.165) is 0 Å². The zero-order valence-corrected chi connectivity index (χ0v) is 27.2. The molecule has 0 aliphatic carbocycles. The molecule has 0 saturated heterocycles. The van der Waals surface area contributed by atoms with Crippen molar-refractivity contribution in [3.05, 3.63) is 57.6 Å². The molecule has 0 aliphatic heterocycles. The molecule has 0 unspecified atom stereocenters. The third-order valence-corrected chi connectivity index (χ3v) is 8.55. The molecule has 286 valence electrons. The fourth-order valence-electron chi connectivity index (χ4n) is 5.20. The molecule has 0 spiro atoms. The number of benzene rings is 2. The van der Waals surface area contributed by atoms with E-state index in [1.165, 1.54) is 13.8 Å². The van der Waals surface area contributed by atoms with Gasteiger partial charge in [-0.25, -0.2) is 0 Å². The number of alkyl halides is 16. The fraction of sp³-hybridized carbons (Fsp3) is 0.625. The molecule has 0 bridgehead atoms. The molecule has 2 rings (SSSR count). The Kier molecular flexibility index (Phi) is 12.2. The molecule has 0 fully saturated rings. The molecule has 2 aromatic carbocycles. The van der Waals surface area contributed by atoms with E-state index in [1.807, 2.05) is 0 Å². The van der Waals surface area contributed by atoms with Crippen molar-refractivity contribution in [2.24, 2.45) is 0 Å². The summed E-state index contributed by atoms with van der Waals surface area (Å²) < 4.78 is 239. The summed E-state index contributed by atoms with van der Waals surface area (Å²) in [6, 6.07) is 0.333. The molecule has 0 aliphatic rings. The molecule has 4 N–H and O–H groups in total. The minimum atomic E-state index is -8.52. The number of halogens is 16. The van der Waals surface area contributed by atoms with Gasteiger partial charge >= 0.3 is 47.4 Å². The number of hydrogen-bond acceptors (Lipinski definition) is 2. The van der Waals surface area contributed by atoms with Crippen LogP contribution in [0.15, 0.2) is 24.3 Å². The Bertz CT molecular complexity index is 1390. The molecule has 0 aromatic heterocycles. The third kappa shape index (κ3) is 6.45. The summed E-state index contributed by atoms with van der Waals surface area (Å²) in [5.74, 6) is -62.2. The van der Waals surface area contributed by atoms with E-state index in [4.69, 9.17) is 11.5 Å². The maximum atomic E-state index is 15.2. The van der Waals surface area contributed by atoms with Crippen LogP contribution in [0.25, 0.3) is 0 Å². The number of nitrogens with two attached hydrogens (primary N) is 2. The van der Waals surface area contributed by atoms with E-state index in [2.05, 4.69) is 0 Å². The van der Waals surface area contributed by atoms with Crippen molar-refractivity contribution in [3.63, 3.8) is 0 Å².